The summed E-state index contributed by atoms with van der Waals surface area (Å²) < 4.78 is 3.07. The molecule has 112 valence electrons. The second-order valence-corrected chi connectivity index (χ2v) is 6.18. The molecule has 0 unspecified atom stereocenters. The zero-order valence-electron chi connectivity index (χ0n) is 12.2. The first-order valence-electron chi connectivity index (χ1n) is 7.27. The van der Waals surface area contributed by atoms with Crippen molar-refractivity contribution in [2.75, 3.05) is 0 Å². The van der Waals surface area contributed by atoms with Crippen molar-refractivity contribution in [2.24, 2.45) is 0 Å². The van der Waals surface area contributed by atoms with Gasteiger partial charge in [-0.1, -0.05) is 58.4 Å². The van der Waals surface area contributed by atoms with Crippen LogP contribution in [0.15, 0.2) is 71.7 Å². The van der Waals surface area contributed by atoms with Gasteiger partial charge < -0.3 is 4.57 Å². The zero-order chi connectivity index (χ0) is 15.6. The maximum Gasteiger partial charge on any atom is 0.164 e. The molecule has 0 fully saturated rings. The van der Waals surface area contributed by atoms with Crippen LogP contribution in [0, 0.1) is 0 Å². The number of hydrogen-bond donors (Lipinski definition) is 0. The first-order chi connectivity index (χ1) is 11.3. The topological polar surface area (TPSA) is 43.6 Å². The first-order valence-corrected chi connectivity index (χ1v) is 8.06. The van der Waals surface area contributed by atoms with Crippen LogP contribution in [0.2, 0.25) is 0 Å². The molecule has 4 aromatic rings. The smallest absolute Gasteiger partial charge is 0.164 e. The second kappa shape index (κ2) is 5.93. The lowest BCUT2D eigenvalue weighted by atomic mass is 10.1. The minimum Gasteiger partial charge on any atom is -0.311 e. The van der Waals surface area contributed by atoms with Crippen molar-refractivity contribution < 1.29 is 0 Å². The summed E-state index contributed by atoms with van der Waals surface area (Å²) in [6.45, 7) is 0.742. The predicted octanol–water partition coefficient (Wildman–Crippen LogP) is 4.30. The van der Waals surface area contributed by atoms with Crippen molar-refractivity contribution in [3.8, 4) is 11.3 Å². The third-order valence-electron chi connectivity index (χ3n) is 3.70. The highest BCUT2D eigenvalue weighted by atomic mass is 79.9. The van der Waals surface area contributed by atoms with Gasteiger partial charge in [0.25, 0.3) is 0 Å². The van der Waals surface area contributed by atoms with Gasteiger partial charge in [0.15, 0.2) is 5.65 Å². The molecule has 23 heavy (non-hydrogen) atoms. The summed E-state index contributed by atoms with van der Waals surface area (Å²) in [5.41, 5.74) is 4.76. The van der Waals surface area contributed by atoms with Gasteiger partial charge in [-0.3, -0.25) is 0 Å². The van der Waals surface area contributed by atoms with Crippen LogP contribution in [-0.4, -0.2) is 19.5 Å². The molecule has 2 aromatic heterocycles. The Bertz CT molecular complexity index is 963. The summed E-state index contributed by atoms with van der Waals surface area (Å²) in [7, 11) is 0. The minimum absolute atomic E-state index is 0.742. The number of nitrogens with zero attached hydrogens (tertiary/aromatic N) is 4. The van der Waals surface area contributed by atoms with E-state index in [4.69, 9.17) is 0 Å². The van der Waals surface area contributed by atoms with E-state index < -0.39 is 0 Å². The van der Waals surface area contributed by atoms with Crippen LogP contribution >= 0.6 is 15.9 Å². The summed E-state index contributed by atoms with van der Waals surface area (Å²) in [4.78, 5) is 13.4. The molecule has 4 rings (SSSR count). The van der Waals surface area contributed by atoms with Gasteiger partial charge in [-0.2, -0.15) is 0 Å². The normalized spacial score (nSPS) is 11.0. The van der Waals surface area contributed by atoms with Crippen LogP contribution in [-0.2, 0) is 6.54 Å². The highest BCUT2D eigenvalue weighted by Crippen LogP contribution is 2.26. The van der Waals surface area contributed by atoms with Crippen LogP contribution in [0.25, 0.3) is 22.4 Å². The van der Waals surface area contributed by atoms with E-state index in [-0.39, 0.29) is 0 Å². The van der Waals surface area contributed by atoms with Gasteiger partial charge in [-0.05, 0) is 17.7 Å². The molecule has 0 bridgehead atoms. The second-order valence-electron chi connectivity index (χ2n) is 5.26. The summed E-state index contributed by atoms with van der Waals surface area (Å²) in [5, 5.41) is 0. The van der Waals surface area contributed by atoms with Gasteiger partial charge in [0.2, 0.25) is 0 Å². The Balaban J connectivity index is 1.81. The molecule has 0 aliphatic rings. The Hall–Kier alpha value is -2.53. The summed E-state index contributed by atoms with van der Waals surface area (Å²) >= 11 is 3.50. The van der Waals surface area contributed by atoms with Crippen LogP contribution < -0.4 is 0 Å². The zero-order valence-corrected chi connectivity index (χ0v) is 13.8. The number of fused-ring (bicyclic) bond motifs is 1. The average molecular weight is 365 g/mol. The summed E-state index contributed by atoms with van der Waals surface area (Å²) in [5.74, 6) is 0. The average Bonchev–Trinajstić information content (AvgIpc) is 2.99. The molecule has 0 atom stereocenters. The summed E-state index contributed by atoms with van der Waals surface area (Å²) in [6, 6.07) is 18.4. The van der Waals surface area contributed by atoms with Crippen molar-refractivity contribution in [1.82, 2.24) is 19.5 Å². The number of aromatic nitrogens is 4. The fourth-order valence-corrected chi connectivity index (χ4v) is 3.02. The third kappa shape index (κ3) is 2.75. The monoisotopic (exact) mass is 364 g/mol. The van der Waals surface area contributed by atoms with Crippen LogP contribution in [0.3, 0.4) is 0 Å². The molecule has 0 saturated carbocycles. The van der Waals surface area contributed by atoms with Gasteiger partial charge in [0.1, 0.15) is 17.5 Å². The van der Waals surface area contributed by atoms with Crippen molar-refractivity contribution in [3.05, 3.63) is 77.3 Å². The molecular weight excluding hydrogens is 352 g/mol. The number of rotatable bonds is 3. The fourth-order valence-electron chi connectivity index (χ4n) is 2.62. The molecule has 5 heteroatoms. The number of hydrogen-bond acceptors (Lipinski definition) is 3. The highest BCUT2D eigenvalue weighted by molar-refractivity contribution is 9.10. The maximum atomic E-state index is 4.54. The molecular formula is C18H13BrN4. The number of imidazole rings is 1. The Morgan fingerprint density at radius 3 is 2.61 bits per heavy atom. The largest absolute Gasteiger partial charge is 0.311 e. The van der Waals surface area contributed by atoms with E-state index in [1.54, 1.807) is 6.33 Å². The highest BCUT2D eigenvalue weighted by Gasteiger charge is 2.12. The SMILES string of the molecule is Brc1cccc(-c2ncnc3c2ncn3Cc2ccccc2)c1. The molecule has 0 aliphatic heterocycles. The molecule has 0 saturated heterocycles. The van der Waals surface area contributed by atoms with Crippen molar-refractivity contribution in [2.45, 2.75) is 6.54 Å². The lowest BCUT2D eigenvalue weighted by molar-refractivity contribution is 0.813. The number of benzene rings is 2. The van der Waals surface area contributed by atoms with Crippen LogP contribution in [0.5, 0.6) is 0 Å². The van der Waals surface area contributed by atoms with Gasteiger partial charge in [0.05, 0.1) is 12.9 Å². The van der Waals surface area contributed by atoms with Gasteiger partial charge in [-0.15, -0.1) is 0 Å². The predicted molar refractivity (Wildman–Crippen MR) is 94.0 cm³/mol. The van der Waals surface area contributed by atoms with E-state index in [1.807, 2.05) is 53.4 Å². The van der Waals surface area contributed by atoms with E-state index in [9.17, 15) is 0 Å². The quantitative estimate of drug-likeness (QED) is 0.544. The molecule has 2 aromatic carbocycles. The summed E-state index contributed by atoms with van der Waals surface area (Å²) in [6.07, 6.45) is 3.43. The van der Waals surface area contributed by atoms with Crippen LogP contribution in [0.4, 0.5) is 0 Å². The van der Waals surface area contributed by atoms with Crippen molar-refractivity contribution >= 4 is 27.1 Å². The Morgan fingerprint density at radius 1 is 0.913 bits per heavy atom. The molecule has 2 heterocycles. The van der Waals surface area contributed by atoms with E-state index in [0.29, 0.717) is 0 Å². The molecule has 0 spiro atoms. The third-order valence-corrected chi connectivity index (χ3v) is 4.19. The standard InChI is InChI=1S/C18H13BrN4/c19-15-8-4-7-14(9-15)16-17-18(21-11-20-16)23(12-22-17)10-13-5-2-1-3-6-13/h1-9,11-12H,10H2. The van der Waals surface area contributed by atoms with E-state index >= 15 is 0 Å². The van der Waals surface area contributed by atoms with Gasteiger partial charge >= 0.3 is 0 Å². The first kappa shape index (κ1) is 14.1. The molecule has 0 N–H and O–H groups in total. The molecule has 0 amide bonds. The number of halogens is 1. The van der Waals surface area contributed by atoms with Crippen LogP contribution in [0.1, 0.15) is 5.56 Å². The van der Waals surface area contributed by atoms with Crippen molar-refractivity contribution in [1.29, 1.82) is 0 Å². The maximum absolute atomic E-state index is 4.54. The molecule has 0 radical (unpaired) electrons. The Kier molecular flexibility index (Phi) is 3.63. The van der Waals surface area contributed by atoms with Gasteiger partial charge in [0, 0.05) is 10.0 Å². The van der Waals surface area contributed by atoms with Crippen molar-refractivity contribution in [3.63, 3.8) is 0 Å². The Morgan fingerprint density at radius 2 is 1.78 bits per heavy atom. The Labute approximate surface area is 142 Å². The fraction of sp³-hybridized carbons (Fsp3) is 0.0556. The molecule has 4 nitrogen and oxygen atoms in total. The lowest BCUT2D eigenvalue weighted by Gasteiger charge is -2.05. The minimum atomic E-state index is 0.742. The van der Waals surface area contributed by atoms with E-state index in [1.165, 1.54) is 5.56 Å². The van der Waals surface area contributed by atoms with Gasteiger partial charge in [-0.25, -0.2) is 15.0 Å². The molecule has 0 aliphatic carbocycles. The van der Waals surface area contributed by atoms with E-state index in [0.717, 1.165) is 33.4 Å². The lowest BCUT2D eigenvalue weighted by Crippen LogP contribution is -1.99. The van der Waals surface area contributed by atoms with E-state index in [2.05, 4.69) is 43.0 Å².